The molecule has 0 amide bonds. The SMILES string of the molecule is CCC(CC1CC1)NCc1ccnn1CC. The van der Waals surface area contributed by atoms with Crippen molar-refractivity contribution < 1.29 is 0 Å². The van der Waals surface area contributed by atoms with Gasteiger partial charge in [-0.25, -0.2) is 0 Å². The van der Waals surface area contributed by atoms with Crippen LogP contribution >= 0.6 is 0 Å². The number of hydrogen-bond donors (Lipinski definition) is 1. The number of aromatic nitrogens is 2. The second kappa shape index (κ2) is 5.48. The van der Waals surface area contributed by atoms with Crippen molar-refractivity contribution >= 4 is 0 Å². The van der Waals surface area contributed by atoms with Crippen LogP contribution in [0.1, 0.15) is 45.2 Å². The largest absolute Gasteiger partial charge is 0.308 e. The third-order valence-corrected chi connectivity index (χ3v) is 3.48. The van der Waals surface area contributed by atoms with Crippen LogP contribution in [0.3, 0.4) is 0 Å². The maximum atomic E-state index is 4.29. The Hall–Kier alpha value is -0.830. The van der Waals surface area contributed by atoms with E-state index in [0.717, 1.165) is 19.0 Å². The first-order valence-corrected chi connectivity index (χ1v) is 6.57. The Morgan fingerprint density at radius 2 is 2.31 bits per heavy atom. The quantitative estimate of drug-likeness (QED) is 0.767. The van der Waals surface area contributed by atoms with E-state index in [2.05, 4.69) is 35.0 Å². The summed E-state index contributed by atoms with van der Waals surface area (Å²) < 4.78 is 2.07. The maximum Gasteiger partial charge on any atom is 0.0522 e. The zero-order valence-corrected chi connectivity index (χ0v) is 10.4. The van der Waals surface area contributed by atoms with E-state index in [1.54, 1.807) is 0 Å². The molecule has 0 spiro atoms. The predicted molar refractivity (Wildman–Crippen MR) is 66.2 cm³/mol. The summed E-state index contributed by atoms with van der Waals surface area (Å²) in [6.07, 6.45) is 7.38. The Balaban J connectivity index is 1.79. The van der Waals surface area contributed by atoms with Gasteiger partial charge in [0.2, 0.25) is 0 Å². The Bertz CT molecular complexity index is 315. The molecule has 0 aliphatic heterocycles. The van der Waals surface area contributed by atoms with Crippen molar-refractivity contribution in [2.24, 2.45) is 5.92 Å². The molecule has 2 rings (SSSR count). The molecule has 1 fully saturated rings. The molecule has 1 heterocycles. The maximum absolute atomic E-state index is 4.29. The summed E-state index contributed by atoms with van der Waals surface area (Å²) in [5.74, 6) is 1.01. The number of hydrogen-bond acceptors (Lipinski definition) is 2. The lowest BCUT2D eigenvalue weighted by atomic mass is 10.1. The van der Waals surface area contributed by atoms with Crippen molar-refractivity contribution in [3.8, 4) is 0 Å². The third kappa shape index (κ3) is 3.08. The van der Waals surface area contributed by atoms with Crippen LogP contribution in [0.5, 0.6) is 0 Å². The molecule has 1 N–H and O–H groups in total. The lowest BCUT2D eigenvalue weighted by molar-refractivity contribution is 0.434. The molecule has 1 saturated carbocycles. The molecule has 3 heteroatoms. The zero-order valence-electron chi connectivity index (χ0n) is 10.4. The molecule has 0 radical (unpaired) electrons. The lowest BCUT2D eigenvalue weighted by Crippen LogP contribution is -2.29. The highest BCUT2D eigenvalue weighted by Gasteiger charge is 2.24. The minimum atomic E-state index is 0.688. The average Bonchev–Trinajstić information content (AvgIpc) is 3.00. The normalized spacial score (nSPS) is 17.6. The standard InChI is InChI=1S/C13H23N3/c1-3-12(9-11-5-6-11)14-10-13-7-8-15-16(13)4-2/h7-8,11-12,14H,3-6,9-10H2,1-2H3. The number of nitrogens with one attached hydrogen (secondary N) is 1. The first-order valence-electron chi connectivity index (χ1n) is 6.57. The molecule has 1 aromatic rings. The van der Waals surface area contributed by atoms with Crippen LogP contribution < -0.4 is 5.32 Å². The van der Waals surface area contributed by atoms with Gasteiger partial charge in [0, 0.05) is 25.3 Å². The summed E-state index contributed by atoms with van der Waals surface area (Å²) in [6.45, 7) is 6.33. The van der Waals surface area contributed by atoms with Crippen LogP contribution in [0, 0.1) is 5.92 Å². The Kier molecular flexibility index (Phi) is 3.99. The van der Waals surface area contributed by atoms with E-state index >= 15 is 0 Å². The van der Waals surface area contributed by atoms with Crippen molar-refractivity contribution in [3.63, 3.8) is 0 Å². The Morgan fingerprint density at radius 3 is 2.94 bits per heavy atom. The van der Waals surface area contributed by atoms with Gasteiger partial charge in [0.05, 0.1) is 5.69 Å². The van der Waals surface area contributed by atoms with Crippen LogP contribution in [0.25, 0.3) is 0 Å². The molecule has 90 valence electrons. The van der Waals surface area contributed by atoms with Crippen molar-refractivity contribution in [1.29, 1.82) is 0 Å². The Labute approximate surface area is 98.2 Å². The van der Waals surface area contributed by atoms with Crippen molar-refractivity contribution in [2.45, 2.75) is 58.7 Å². The molecule has 1 aliphatic carbocycles. The van der Waals surface area contributed by atoms with Gasteiger partial charge < -0.3 is 5.32 Å². The Morgan fingerprint density at radius 1 is 1.50 bits per heavy atom. The molecular formula is C13H23N3. The van der Waals surface area contributed by atoms with Crippen molar-refractivity contribution in [2.75, 3.05) is 0 Å². The van der Waals surface area contributed by atoms with Gasteiger partial charge in [0.1, 0.15) is 0 Å². The first-order chi connectivity index (χ1) is 7.83. The monoisotopic (exact) mass is 221 g/mol. The van der Waals surface area contributed by atoms with E-state index in [9.17, 15) is 0 Å². The van der Waals surface area contributed by atoms with Gasteiger partial charge in [-0.1, -0.05) is 19.8 Å². The lowest BCUT2D eigenvalue weighted by Gasteiger charge is -2.16. The molecule has 0 bridgehead atoms. The highest BCUT2D eigenvalue weighted by Crippen LogP contribution is 2.34. The molecule has 0 aromatic carbocycles. The number of aryl methyl sites for hydroxylation is 1. The topological polar surface area (TPSA) is 29.9 Å². The fourth-order valence-corrected chi connectivity index (χ4v) is 2.19. The van der Waals surface area contributed by atoms with E-state index in [1.807, 2.05) is 6.20 Å². The van der Waals surface area contributed by atoms with Crippen molar-refractivity contribution in [3.05, 3.63) is 18.0 Å². The summed E-state index contributed by atoms with van der Waals surface area (Å²) in [7, 11) is 0. The van der Waals surface area contributed by atoms with Gasteiger partial charge in [-0.3, -0.25) is 4.68 Å². The summed E-state index contributed by atoms with van der Waals surface area (Å²) in [4.78, 5) is 0. The van der Waals surface area contributed by atoms with Gasteiger partial charge in [-0.05, 0) is 31.7 Å². The van der Waals surface area contributed by atoms with E-state index in [4.69, 9.17) is 0 Å². The summed E-state index contributed by atoms with van der Waals surface area (Å²) >= 11 is 0. The van der Waals surface area contributed by atoms with E-state index in [-0.39, 0.29) is 0 Å². The van der Waals surface area contributed by atoms with Gasteiger partial charge in [0.25, 0.3) is 0 Å². The zero-order chi connectivity index (χ0) is 11.4. The van der Waals surface area contributed by atoms with E-state index < -0.39 is 0 Å². The third-order valence-electron chi connectivity index (χ3n) is 3.48. The van der Waals surface area contributed by atoms with Gasteiger partial charge >= 0.3 is 0 Å². The summed E-state index contributed by atoms with van der Waals surface area (Å²) in [5, 5.41) is 7.95. The molecule has 1 unspecified atom stereocenters. The van der Waals surface area contributed by atoms with Crippen LogP contribution in [0.4, 0.5) is 0 Å². The highest BCUT2D eigenvalue weighted by atomic mass is 15.3. The second-order valence-corrected chi connectivity index (χ2v) is 4.80. The van der Waals surface area contributed by atoms with Gasteiger partial charge in [-0.2, -0.15) is 5.10 Å². The summed E-state index contributed by atoms with van der Waals surface area (Å²) in [6, 6.07) is 2.80. The minimum Gasteiger partial charge on any atom is -0.308 e. The number of rotatable bonds is 7. The van der Waals surface area contributed by atoms with Crippen LogP contribution in [0.15, 0.2) is 12.3 Å². The van der Waals surface area contributed by atoms with E-state index in [1.165, 1.54) is 31.4 Å². The van der Waals surface area contributed by atoms with Crippen molar-refractivity contribution in [1.82, 2.24) is 15.1 Å². The molecular weight excluding hydrogens is 198 g/mol. The molecule has 0 saturated heterocycles. The molecule has 1 aromatic heterocycles. The smallest absolute Gasteiger partial charge is 0.0522 e. The molecule has 16 heavy (non-hydrogen) atoms. The van der Waals surface area contributed by atoms with Crippen LogP contribution in [-0.4, -0.2) is 15.8 Å². The molecule has 3 nitrogen and oxygen atoms in total. The molecule has 1 atom stereocenters. The number of nitrogens with zero attached hydrogens (tertiary/aromatic N) is 2. The minimum absolute atomic E-state index is 0.688. The first kappa shape index (κ1) is 11.6. The highest BCUT2D eigenvalue weighted by molar-refractivity contribution is 5.00. The fraction of sp³-hybridized carbons (Fsp3) is 0.769. The average molecular weight is 221 g/mol. The predicted octanol–water partition coefficient (Wildman–Crippen LogP) is 2.57. The summed E-state index contributed by atoms with van der Waals surface area (Å²) in [5.41, 5.74) is 1.30. The molecule has 1 aliphatic rings. The van der Waals surface area contributed by atoms with Crippen LogP contribution in [0.2, 0.25) is 0 Å². The fourth-order valence-electron chi connectivity index (χ4n) is 2.19. The van der Waals surface area contributed by atoms with E-state index in [0.29, 0.717) is 6.04 Å². The van der Waals surface area contributed by atoms with Gasteiger partial charge in [0.15, 0.2) is 0 Å². The second-order valence-electron chi connectivity index (χ2n) is 4.80. The van der Waals surface area contributed by atoms with Crippen LogP contribution in [-0.2, 0) is 13.1 Å². The van der Waals surface area contributed by atoms with Gasteiger partial charge in [-0.15, -0.1) is 0 Å².